The van der Waals surface area contributed by atoms with Crippen molar-refractivity contribution in [3.8, 4) is 0 Å². The highest BCUT2D eigenvalue weighted by molar-refractivity contribution is 8.15. The Kier molecular flexibility index (Phi) is 5.48. The second kappa shape index (κ2) is 7.16. The quantitative estimate of drug-likeness (QED) is 0.762. The van der Waals surface area contributed by atoms with Crippen LogP contribution in [0.25, 0.3) is 0 Å². The number of ketones is 1. The molecule has 0 fully saturated rings. The summed E-state index contributed by atoms with van der Waals surface area (Å²) in [5.74, 6) is -0.0255. The molecular weight excluding hydrogens is 312 g/mol. The van der Waals surface area contributed by atoms with Crippen LogP contribution in [0.4, 0.5) is 0 Å². The maximum atomic E-state index is 12.6. The highest BCUT2D eigenvalue weighted by atomic mass is 32.2. The second-order valence-electron chi connectivity index (χ2n) is 5.00. The summed E-state index contributed by atoms with van der Waals surface area (Å²) in [5, 5.41) is 0.0873. The van der Waals surface area contributed by atoms with Crippen LogP contribution in [0, 0.1) is 0 Å². The average Bonchev–Trinajstić information content (AvgIpc) is 2.60. The number of rotatable bonds is 5. The van der Waals surface area contributed by atoms with Crippen molar-refractivity contribution in [3.63, 3.8) is 0 Å². The third-order valence-electron chi connectivity index (χ3n) is 3.69. The molecule has 0 amide bonds. The summed E-state index contributed by atoms with van der Waals surface area (Å²) in [5.41, 5.74) is 2.13. The Labute approximate surface area is 139 Å². The third kappa shape index (κ3) is 3.28. The molecule has 2 aromatic carbocycles. The van der Waals surface area contributed by atoms with Crippen molar-refractivity contribution in [1.82, 2.24) is 0 Å². The van der Waals surface area contributed by atoms with Gasteiger partial charge in [0.25, 0.3) is 0 Å². The summed E-state index contributed by atoms with van der Waals surface area (Å²) in [6.45, 7) is 1.91. The van der Waals surface area contributed by atoms with Crippen LogP contribution in [0.3, 0.4) is 0 Å². The molecule has 2 aromatic rings. The van der Waals surface area contributed by atoms with Crippen LogP contribution in [-0.4, -0.2) is 23.4 Å². The maximum Gasteiger partial charge on any atom is 0.208 e. The van der Waals surface area contributed by atoms with Crippen LogP contribution < -0.4 is 0 Å². The van der Waals surface area contributed by atoms with Crippen molar-refractivity contribution in [3.05, 3.63) is 71.3 Å². The first-order valence-corrected chi connectivity index (χ1v) is 9.31. The topological polar surface area (TPSA) is 34.1 Å². The molecule has 0 aromatic heterocycles. The zero-order valence-electron chi connectivity index (χ0n) is 12.8. The first-order valence-electron chi connectivity index (χ1n) is 6.87. The monoisotopic (exact) mass is 330 g/mol. The van der Waals surface area contributed by atoms with Crippen molar-refractivity contribution in [1.29, 1.82) is 0 Å². The molecule has 0 aliphatic carbocycles. The Balaban J connectivity index is 2.42. The van der Waals surface area contributed by atoms with Crippen molar-refractivity contribution in [2.75, 3.05) is 12.5 Å². The minimum atomic E-state index is -0.646. The molecule has 0 unspecified atom stereocenters. The first-order chi connectivity index (χ1) is 10.5. The standard InChI is InChI=1S/C18H18O2S2/c1-18(22-3,17(20)21-2)15-11-7-10-14(12-15)16(19)13-8-5-4-6-9-13/h4-12H,1-3H3/t18-/m1/s1. The van der Waals surface area contributed by atoms with E-state index in [0.717, 1.165) is 5.56 Å². The smallest absolute Gasteiger partial charge is 0.208 e. The lowest BCUT2D eigenvalue weighted by atomic mass is 9.96. The Morgan fingerprint density at radius 1 is 0.909 bits per heavy atom. The van der Waals surface area contributed by atoms with E-state index in [1.165, 1.54) is 23.5 Å². The Bertz CT molecular complexity index is 682. The summed E-state index contributed by atoms with van der Waals surface area (Å²) < 4.78 is -0.646. The summed E-state index contributed by atoms with van der Waals surface area (Å²) in [4.78, 5) is 24.8. The van der Waals surface area contributed by atoms with Crippen molar-refractivity contribution in [2.45, 2.75) is 11.7 Å². The SMILES string of the molecule is CSC(=O)[C@](C)(SC)c1cccc(C(=O)c2ccccc2)c1. The van der Waals surface area contributed by atoms with Gasteiger partial charge in [-0.2, -0.15) is 0 Å². The van der Waals surface area contributed by atoms with Crippen molar-refractivity contribution >= 4 is 34.4 Å². The number of hydrogen-bond donors (Lipinski definition) is 0. The molecule has 114 valence electrons. The van der Waals surface area contributed by atoms with Gasteiger partial charge in [-0.1, -0.05) is 60.3 Å². The van der Waals surface area contributed by atoms with Crippen molar-refractivity contribution < 1.29 is 9.59 Å². The van der Waals surface area contributed by atoms with E-state index < -0.39 is 4.75 Å². The highest BCUT2D eigenvalue weighted by Crippen LogP contribution is 2.38. The van der Waals surface area contributed by atoms with E-state index in [1.54, 1.807) is 24.5 Å². The number of thioether (sulfide) groups is 2. The molecule has 4 heteroatoms. The normalized spacial score (nSPS) is 13.4. The molecule has 0 saturated carbocycles. The zero-order chi connectivity index (χ0) is 16.2. The maximum absolute atomic E-state index is 12.6. The molecule has 2 nitrogen and oxygen atoms in total. The molecule has 22 heavy (non-hydrogen) atoms. The largest absolute Gasteiger partial charge is 0.289 e. The van der Waals surface area contributed by atoms with Crippen LogP contribution in [0.5, 0.6) is 0 Å². The van der Waals surface area contributed by atoms with Gasteiger partial charge in [0, 0.05) is 11.1 Å². The van der Waals surface area contributed by atoms with E-state index in [0.29, 0.717) is 11.1 Å². The van der Waals surface area contributed by atoms with E-state index in [9.17, 15) is 9.59 Å². The van der Waals surface area contributed by atoms with Gasteiger partial charge in [-0.05, 0) is 31.1 Å². The fraction of sp³-hybridized carbons (Fsp3) is 0.222. The van der Waals surface area contributed by atoms with Gasteiger partial charge in [-0.25, -0.2) is 0 Å². The summed E-state index contributed by atoms with van der Waals surface area (Å²) >= 11 is 2.71. The zero-order valence-corrected chi connectivity index (χ0v) is 14.5. The van der Waals surface area contributed by atoms with Crippen LogP contribution in [0.2, 0.25) is 0 Å². The van der Waals surface area contributed by atoms with Crippen LogP contribution in [-0.2, 0) is 9.54 Å². The summed E-state index contributed by atoms with van der Waals surface area (Å²) in [6, 6.07) is 16.6. The molecule has 0 aliphatic rings. The number of hydrogen-bond acceptors (Lipinski definition) is 4. The molecule has 0 aliphatic heterocycles. The van der Waals surface area contributed by atoms with Gasteiger partial charge in [0.05, 0.1) is 0 Å². The minimum absolute atomic E-state index is 0.0255. The van der Waals surface area contributed by atoms with Gasteiger partial charge in [-0.3, -0.25) is 9.59 Å². The predicted molar refractivity (Wildman–Crippen MR) is 95.7 cm³/mol. The van der Waals surface area contributed by atoms with Crippen LogP contribution in [0.15, 0.2) is 54.6 Å². The Hall–Kier alpha value is -1.52. The highest BCUT2D eigenvalue weighted by Gasteiger charge is 2.34. The number of carbonyl (C=O) groups is 2. The molecule has 0 bridgehead atoms. The van der Waals surface area contributed by atoms with E-state index >= 15 is 0 Å². The van der Waals surface area contributed by atoms with Crippen LogP contribution >= 0.6 is 23.5 Å². The van der Waals surface area contributed by atoms with Gasteiger partial charge in [0.2, 0.25) is 5.12 Å². The van der Waals surface area contributed by atoms with E-state index in [1.807, 2.05) is 49.6 Å². The molecule has 0 radical (unpaired) electrons. The Morgan fingerprint density at radius 2 is 1.55 bits per heavy atom. The second-order valence-corrected chi connectivity index (χ2v) is 7.01. The molecule has 0 heterocycles. The van der Waals surface area contributed by atoms with Gasteiger partial charge in [0.15, 0.2) is 5.78 Å². The predicted octanol–water partition coefficient (Wildman–Crippen LogP) is 4.39. The molecular formula is C18H18O2S2. The summed E-state index contributed by atoms with van der Waals surface area (Å²) in [7, 11) is 0. The van der Waals surface area contributed by atoms with Crippen molar-refractivity contribution in [2.24, 2.45) is 0 Å². The lowest BCUT2D eigenvalue weighted by Crippen LogP contribution is -2.26. The molecule has 0 spiro atoms. The first kappa shape index (κ1) is 16.8. The number of carbonyl (C=O) groups excluding carboxylic acids is 2. The lowest BCUT2D eigenvalue weighted by molar-refractivity contribution is -0.112. The van der Waals surface area contributed by atoms with Gasteiger partial charge in [-0.15, -0.1) is 11.8 Å². The third-order valence-corrected chi connectivity index (χ3v) is 5.84. The average molecular weight is 330 g/mol. The number of benzene rings is 2. The van der Waals surface area contributed by atoms with Gasteiger partial charge < -0.3 is 0 Å². The Morgan fingerprint density at radius 3 is 2.14 bits per heavy atom. The fourth-order valence-electron chi connectivity index (χ4n) is 2.23. The lowest BCUT2D eigenvalue weighted by Gasteiger charge is -2.25. The van der Waals surface area contributed by atoms with Gasteiger partial charge in [0.1, 0.15) is 4.75 Å². The molecule has 1 atom stereocenters. The van der Waals surface area contributed by atoms with Gasteiger partial charge >= 0.3 is 0 Å². The minimum Gasteiger partial charge on any atom is -0.289 e. The van der Waals surface area contributed by atoms with Crippen LogP contribution in [0.1, 0.15) is 28.4 Å². The van der Waals surface area contributed by atoms with E-state index in [-0.39, 0.29) is 10.9 Å². The summed E-state index contributed by atoms with van der Waals surface area (Å²) in [6.07, 6.45) is 3.70. The van der Waals surface area contributed by atoms with E-state index in [4.69, 9.17) is 0 Å². The molecule has 0 saturated heterocycles. The molecule has 0 N–H and O–H groups in total. The fourth-order valence-corrected chi connectivity index (χ4v) is 3.76. The van der Waals surface area contributed by atoms with E-state index in [2.05, 4.69) is 0 Å². The molecule has 2 rings (SSSR count).